The van der Waals surface area contributed by atoms with E-state index in [9.17, 15) is 8.42 Å². The molecule has 272 valence electrons. The zero-order chi connectivity index (χ0) is 32.9. The summed E-state index contributed by atoms with van der Waals surface area (Å²) in [6.45, 7) is 4.71. The van der Waals surface area contributed by atoms with Crippen molar-refractivity contribution in [2.75, 3.05) is 6.61 Å². The minimum absolute atomic E-state index is 0.135. The van der Waals surface area contributed by atoms with Gasteiger partial charge in [0.2, 0.25) is 0 Å². The third kappa shape index (κ3) is 40.0. The van der Waals surface area contributed by atoms with E-state index in [2.05, 4.69) is 13.8 Å². The summed E-state index contributed by atoms with van der Waals surface area (Å²) >= 11 is 0. The smallest absolute Gasteiger partial charge is 0.264 e. The Balaban J connectivity index is 3.63. The van der Waals surface area contributed by atoms with Crippen LogP contribution in [-0.2, 0) is 14.6 Å². The van der Waals surface area contributed by atoms with Gasteiger partial charge in [-0.3, -0.25) is 4.55 Å². The van der Waals surface area contributed by atoms with E-state index >= 15 is 0 Å². The first-order chi connectivity index (χ1) is 22.0. The van der Waals surface area contributed by atoms with Crippen molar-refractivity contribution in [1.82, 2.24) is 0 Å². The molecule has 0 aliphatic rings. The predicted molar refractivity (Wildman–Crippen MR) is 199 cm³/mol. The van der Waals surface area contributed by atoms with Gasteiger partial charge in [0.15, 0.2) is 0 Å². The molecule has 0 aliphatic carbocycles. The van der Waals surface area contributed by atoms with Crippen LogP contribution in [-0.4, -0.2) is 19.6 Å². The lowest BCUT2D eigenvalue weighted by atomic mass is 9.94. The zero-order valence-corrected chi connectivity index (χ0v) is 31.6. The fourth-order valence-corrected chi connectivity index (χ4v) is 7.17. The minimum Gasteiger partial charge on any atom is -0.264 e. The van der Waals surface area contributed by atoms with Gasteiger partial charge in [-0.05, 0) is 18.8 Å². The standard InChI is InChI=1S/C40H82O4S/c1-3-5-7-9-11-13-15-17-19-21-23-25-27-29-31-33-35-37-40(39-44-45(41,42)43)38-36-34-32-30-28-26-24-22-20-18-16-14-12-10-8-6-4-2/h40H,3-39H2,1-2H3,(H,41,42,43). The third-order valence-corrected chi connectivity index (χ3v) is 10.3. The number of hydrogen-bond acceptors (Lipinski definition) is 3. The highest BCUT2D eigenvalue weighted by molar-refractivity contribution is 7.80. The summed E-state index contributed by atoms with van der Waals surface area (Å²) in [5.41, 5.74) is 0. The lowest BCUT2D eigenvalue weighted by Crippen LogP contribution is -2.14. The Morgan fingerprint density at radius 2 is 0.578 bits per heavy atom. The highest BCUT2D eigenvalue weighted by Gasteiger charge is 2.13. The average Bonchev–Trinajstić information content (AvgIpc) is 3.02. The Kier molecular flexibility index (Phi) is 36.6. The van der Waals surface area contributed by atoms with Gasteiger partial charge < -0.3 is 0 Å². The lowest BCUT2D eigenvalue weighted by molar-refractivity contribution is 0.204. The first kappa shape index (κ1) is 44.9. The Hall–Kier alpha value is -0.130. The molecular formula is C40H82O4S. The molecule has 5 heteroatoms. The van der Waals surface area contributed by atoms with Gasteiger partial charge in [0.05, 0.1) is 6.61 Å². The van der Waals surface area contributed by atoms with Crippen molar-refractivity contribution >= 4 is 10.4 Å². The van der Waals surface area contributed by atoms with Crippen molar-refractivity contribution in [3.05, 3.63) is 0 Å². The first-order valence-electron chi connectivity index (χ1n) is 20.6. The molecule has 0 saturated carbocycles. The zero-order valence-electron chi connectivity index (χ0n) is 30.8. The van der Waals surface area contributed by atoms with E-state index in [1.165, 1.54) is 205 Å². The fourth-order valence-electron chi connectivity index (χ4n) is 6.81. The highest BCUT2D eigenvalue weighted by Crippen LogP contribution is 2.21. The van der Waals surface area contributed by atoms with Crippen LogP contribution in [0.25, 0.3) is 0 Å². The normalized spacial score (nSPS) is 12.1. The maximum atomic E-state index is 11.1. The molecule has 0 fully saturated rings. The van der Waals surface area contributed by atoms with Crippen LogP contribution < -0.4 is 0 Å². The third-order valence-electron chi connectivity index (χ3n) is 9.88. The molecule has 0 aromatic rings. The van der Waals surface area contributed by atoms with Crippen LogP contribution in [0.3, 0.4) is 0 Å². The van der Waals surface area contributed by atoms with Gasteiger partial charge in [0.25, 0.3) is 0 Å². The molecule has 0 spiro atoms. The molecule has 45 heavy (non-hydrogen) atoms. The van der Waals surface area contributed by atoms with Crippen molar-refractivity contribution in [2.45, 2.75) is 245 Å². The SMILES string of the molecule is CCCCCCCCCCCCCCCCCCCC(CCCCCCCCCCCCCCCCCCC)COS(=O)(=O)O. The molecule has 0 rings (SSSR count). The molecule has 0 aliphatic heterocycles. The first-order valence-corrected chi connectivity index (χ1v) is 22.0. The highest BCUT2D eigenvalue weighted by atomic mass is 32.3. The summed E-state index contributed by atoms with van der Waals surface area (Å²) in [6, 6.07) is 0. The fraction of sp³-hybridized carbons (Fsp3) is 1.00. The Bertz CT molecular complexity index is 613. The summed E-state index contributed by atoms with van der Waals surface area (Å²) in [6.07, 6.45) is 48.5. The van der Waals surface area contributed by atoms with Gasteiger partial charge in [-0.1, -0.05) is 232 Å². The maximum Gasteiger partial charge on any atom is 0.397 e. The predicted octanol–water partition coefficient (Wildman–Crippen LogP) is 14.5. The van der Waals surface area contributed by atoms with Crippen LogP contribution in [0.2, 0.25) is 0 Å². The summed E-state index contributed by atoms with van der Waals surface area (Å²) in [4.78, 5) is 0. The number of rotatable bonds is 39. The summed E-state index contributed by atoms with van der Waals surface area (Å²) in [5, 5.41) is 0. The van der Waals surface area contributed by atoms with Crippen molar-refractivity contribution in [3.8, 4) is 0 Å². The molecule has 0 radical (unpaired) electrons. The van der Waals surface area contributed by atoms with Crippen LogP contribution in [0.15, 0.2) is 0 Å². The second-order valence-electron chi connectivity index (χ2n) is 14.5. The number of hydrogen-bond donors (Lipinski definition) is 1. The van der Waals surface area contributed by atoms with Crippen LogP contribution in [0.1, 0.15) is 245 Å². The van der Waals surface area contributed by atoms with Crippen LogP contribution in [0.4, 0.5) is 0 Å². The lowest BCUT2D eigenvalue weighted by Gasteiger charge is -2.16. The largest absolute Gasteiger partial charge is 0.397 e. The van der Waals surface area contributed by atoms with Crippen LogP contribution >= 0.6 is 0 Å². The van der Waals surface area contributed by atoms with Gasteiger partial charge in [0.1, 0.15) is 0 Å². The molecule has 0 heterocycles. The van der Waals surface area contributed by atoms with E-state index in [1.54, 1.807) is 0 Å². The Morgan fingerprint density at radius 1 is 0.378 bits per heavy atom. The molecule has 0 saturated heterocycles. The molecule has 1 N–H and O–H groups in total. The Labute approximate surface area is 284 Å². The van der Waals surface area contributed by atoms with Gasteiger partial charge in [-0.2, -0.15) is 8.42 Å². The summed E-state index contributed by atoms with van der Waals surface area (Å²) in [5.74, 6) is 0.236. The van der Waals surface area contributed by atoms with Gasteiger partial charge in [-0.25, -0.2) is 4.18 Å². The monoisotopic (exact) mass is 659 g/mol. The topological polar surface area (TPSA) is 63.6 Å². The molecule has 0 aromatic carbocycles. The molecule has 0 amide bonds. The van der Waals surface area contributed by atoms with Crippen LogP contribution in [0.5, 0.6) is 0 Å². The van der Waals surface area contributed by atoms with Crippen LogP contribution in [0, 0.1) is 5.92 Å². The van der Waals surface area contributed by atoms with Crippen molar-refractivity contribution in [2.24, 2.45) is 5.92 Å². The summed E-state index contributed by atoms with van der Waals surface area (Å²) < 4.78 is 36.1. The molecule has 0 atom stereocenters. The van der Waals surface area contributed by atoms with Crippen molar-refractivity contribution in [1.29, 1.82) is 0 Å². The van der Waals surface area contributed by atoms with E-state index in [4.69, 9.17) is 8.74 Å². The quantitative estimate of drug-likeness (QED) is 0.0527. The van der Waals surface area contributed by atoms with E-state index in [-0.39, 0.29) is 12.5 Å². The van der Waals surface area contributed by atoms with Crippen molar-refractivity contribution in [3.63, 3.8) is 0 Å². The second kappa shape index (κ2) is 36.7. The van der Waals surface area contributed by atoms with Gasteiger partial charge >= 0.3 is 10.4 Å². The second-order valence-corrected chi connectivity index (χ2v) is 15.6. The maximum absolute atomic E-state index is 11.1. The van der Waals surface area contributed by atoms with E-state index < -0.39 is 10.4 Å². The molecule has 4 nitrogen and oxygen atoms in total. The average molecular weight is 659 g/mol. The molecule has 0 bridgehead atoms. The minimum atomic E-state index is -4.34. The summed E-state index contributed by atoms with van der Waals surface area (Å²) in [7, 11) is -4.34. The number of unbranched alkanes of at least 4 members (excludes halogenated alkanes) is 32. The van der Waals surface area contributed by atoms with Crippen molar-refractivity contribution < 1.29 is 17.2 Å². The van der Waals surface area contributed by atoms with E-state index in [0.29, 0.717) is 0 Å². The van der Waals surface area contributed by atoms with E-state index in [0.717, 1.165) is 25.7 Å². The molecule has 0 aromatic heterocycles. The molecular weight excluding hydrogens is 577 g/mol. The van der Waals surface area contributed by atoms with Gasteiger partial charge in [0, 0.05) is 0 Å². The van der Waals surface area contributed by atoms with E-state index in [1.807, 2.05) is 0 Å². The van der Waals surface area contributed by atoms with Gasteiger partial charge in [-0.15, -0.1) is 0 Å². The Morgan fingerprint density at radius 3 is 0.778 bits per heavy atom. The molecule has 0 unspecified atom stereocenters.